The van der Waals surface area contributed by atoms with Gasteiger partial charge >= 0.3 is 13.5 Å². The van der Waals surface area contributed by atoms with Crippen molar-refractivity contribution in [3.8, 4) is 0 Å². The van der Waals surface area contributed by atoms with Crippen LogP contribution in [0.15, 0.2) is 11.0 Å². The first kappa shape index (κ1) is 17.9. The van der Waals surface area contributed by atoms with E-state index < -0.39 is 56.4 Å². The average Bonchev–Trinajstić information content (AvgIpc) is 2.74. The van der Waals surface area contributed by atoms with Gasteiger partial charge in [0.1, 0.15) is 12.2 Å². The zero-order valence-corrected chi connectivity index (χ0v) is 12.0. The molecule has 1 aliphatic heterocycles. The van der Waals surface area contributed by atoms with Crippen LogP contribution in [0.1, 0.15) is 6.23 Å². The van der Waals surface area contributed by atoms with Gasteiger partial charge in [0, 0.05) is 0 Å². The first-order chi connectivity index (χ1) is 10.6. The summed E-state index contributed by atoms with van der Waals surface area (Å²) < 4.78 is 47.6. The molecule has 2 rings (SSSR count). The van der Waals surface area contributed by atoms with Gasteiger partial charge < -0.3 is 19.6 Å². The predicted octanol–water partition coefficient (Wildman–Crippen LogP) is -1.11. The molecule has 0 radical (unpaired) electrons. The van der Waals surface area contributed by atoms with Gasteiger partial charge in [-0.3, -0.25) is 14.3 Å². The maximum Gasteiger partial charge on any atom is 0.469 e. The van der Waals surface area contributed by atoms with Gasteiger partial charge in [-0.1, -0.05) is 0 Å². The number of nitrogens with one attached hydrogen (secondary N) is 1. The number of aliphatic hydroxyl groups is 1. The Kier molecular flexibility index (Phi) is 5.10. The van der Waals surface area contributed by atoms with Crippen LogP contribution >= 0.6 is 7.82 Å². The van der Waals surface area contributed by atoms with Gasteiger partial charge in [0.2, 0.25) is 0 Å². The summed E-state index contributed by atoms with van der Waals surface area (Å²) >= 11 is 0. The fourth-order valence-electron chi connectivity index (χ4n) is 1.94. The monoisotopic (exact) mass is 359 g/mol. The van der Waals surface area contributed by atoms with Crippen molar-refractivity contribution in [3.63, 3.8) is 0 Å². The van der Waals surface area contributed by atoms with E-state index >= 15 is 0 Å². The molecule has 1 aliphatic rings. The Morgan fingerprint density at radius 2 is 2.17 bits per heavy atom. The van der Waals surface area contributed by atoms with Gasteiger partial charge in [0.05, 0.1) is 12.8 Å². The number of halogens is 2. The highest BCUT2D eigenvalue weighted by Crippen LogP contribution is 2.38. The lowest BCUT2D eigenvalue weighted by molar-refractivity contribution is -0.0486. The van der Waals surface area contributed by atoms with Crippen LogP contribution in [0.3, 0.4) is 0 Å². The van der Waals surface area contributed by atoms with E-state index in [1.165, 1.54) is 5.48 Å². The zero-order valence-electron chi connectivity index (χ0n) is 11.1. The number of alkyl halides is 1. The Labute approximate surface area is 126 Å². The second-order valence-corrected chi connectivity index (χ2v) is 5.76. The molecule has 23 heavy (non-hydrogen) atoms. The fourth-order valence-corrected chi connectivity index (χ4v) is 2.28. The van der Waals surface area contributed by atoms with E-state index in [4.69, 9.17) is 19.7 Å². The van der Waals surface area contributed by atoms with Gasteiger partial charge in [-0.05, 0) is 0 Å². The summed E-state index contributed by atoms with van der Waals surface area (Å²) in [5.41, 5.74) is 0.135. The van der Waals surface area contributed by atoms with E-state index in [1.807, 2.05) is 0 Å². The number of hydrogen-bond donors (Lipinski definition) is 5. The summed E-state index contributed by atoms with van der Waals surface area (Å²) in [5, 5.41) is 18.2. The van der Waals surface area contributed by atoms with E-state index in [9.17, 15) is 23.2 Å². The lowest BCUT2D eigenvalue weighted by Gasteiger charge is -2.16. The van der Waals surface area contributed by atoms with Crippen LogP contribution in [0.5, 0.6) is 0 Å². The summed E-state index contributed by atoms with van der Waals surface area (Å²) in [6.45, 7) is -0.858. The van der Waals surface area contributed by atoms with Crippen LogP contribution in [-0.2, 0) is 13.8 Å². The number of hydrogen-bond acceptors (Lipinski definition) is 8. The smallest absolute Gasteiger partial charge is 0.387 e. The van der Waals surface area contributed by atoms with E-state index in [2.05, 4.69) is 9.51 Å². The molecule has 14 heteroatoms. The molecule has 4 atom stereocenters. The molecule has 0 aliphatic carbocycles. The number of phosphoric ester groups is 1. The highest BCUT2D eigenvalue weighted by molar-refractivity contribution is 7.46. The Morgan fingerprint density at radius 3 is 2.74 bits per heavy atom. The molecule has 0 bridgehead atoms. The lowest BCUT2D eigenvalue weighted by Crippen LogP contribution is -2.34. The van der Waals surface area contributed by atoms with Gasteiger partial charge in [-0.25, -0.2) is 23.6 Å². The Hall–Kier alpha value is -1.47. The minimum atomic E-state index is -4.87. The molecule has 1 fully saturated rings. The Bertz CT molecular complexity index is 681. The third kappa shape index (κ3) is 3.90. The van der Waals surface area contributed by atoms with Crippen molar-refractivity contribution in [3.05, 3.63) is 22.5 Å². The normalized spacial score (nSPS) is 28.1. The van der Waals surface area contributed by atoms with Crippen molar-refractivity contribution in [1.29, 1.82) is 0 Å². The van der Waals surface area contributed by atoms with Crippen LogP contribution in [0, 0.1) is 5.82 Å². The first-order valence-corrected chi connectivity index (χ1v) is 7.53. The quantitative estimate of drug-likeness (QED) is 0.322. The van der Waals surface area contributed by atoms with Gasteiger partial charge in [0.15, 0.2) is 24.0 Å². The van der Waals surface area contributed by atoms with Gasteiger partial charge in [-0.2, -0.15) is 4.98 Å². The van der Waals surface area contributed by atoms with E-state index in [0.717, 1.165) is 0 Å². The van der Waals surface area contributed by atoms with Crippen molar-refractivity contribution in [2.24, 2.45) is 0 Å². The lowest BCUT2D eigenvalue weighted by atomic mass is 10.1. The van der Waals surface area contributed by atoms with Crippen LogP contribution in [0.4, 0.5) is 14.6 Å². The largest absolute Gasteiger partial charge is 0.469 e. The van der Waals surface area contributed by atoms with Crippen molar-refractivity contribution < 1.29 is 42.7 Å². The number of nitrogens with zero attached hydrogens (tertiary/aromatic N) is 2. The maximum absolute atomic E-state index is 14.0. The molecule has 0 amide bonds. The SMILES string of the molecule is O=c1nc(NO)c(F)cn1[C@H]1O[C@@H](COP(=O)(O)O)[C@@H](O)C1F. The standard InChI is InChI=1S/C9H12F2N3O8P/c10-3-1-14(9(16)12-7(3)13-17)8-5(11)6(15)4(22-8)2-21-23(18,19)20/h1,4-6,8,15,17H,2H2,(H,12,13,16)(H2,18,19,20)/t4-,5?,6+,8-/m0/s1. The number of ether oxygens (including phenoxy) is 1. The van der Waals surface area contributed by atoms with Crippen molar-refractivity contribution >= 4 is 13.6 Å². The molecule has 0 aromatic carbocycles. The molecule has 1 aromatic rings. The highest BCUT2D eigenvalue weighted by atomic mass is 31.2. The molecule has 1 saturated heterocycles. The average molecular weight is 359 g/mol. The van der Waals surface area contributed by atoms with Crippen molar-refractivity contribution in [1.82, 2.24) is 9.55 Å². The summed E-state index contributed by atoms with van der Waals surface area (Å²) in [4.78, 5) is 31.9. The van der Waals surface area contributed by atoms with Crippen molar-refractivity contribution in [2.45, 2.75) is 24.6 Å². The van der Waals surface area contributed by atoms with E-state index in [-0.39, 0.29) is 0 Å². The third-order valence-corrected chi connectivity index (χ3v) is 3.47. The number of aliphatic hydroxyl groups excluding tert-OH is 1. The molecule has 1 aromatic heterocycles. The highest BCUT2D eigenvalue weighted by Gasteiger charge is 2.46. The molecule has 130 valence electrons. The first-order valence-electron chi connectivity index (χ1n) is 6.00. The van der Waals surface area contributed by atoms with Crippen LogP contribution in [-0.4, -0.2) is 54.6 Å². The summed E-state index contributed by atoms with van der Waals surface area (Å²) in [7, 11) is -4.87. The molecular weight excluding hydrogens is 347 g/mol. The molecule has 0 spiro atoms. The summed E-state index contributed by atoms with van der Waals surface area (Å²) in [6, 6.07) is 0. The summed E-state index contributed by atoms with van der Waals surface area (Å²) in [5.74, 6) is -1.99. The molecule has 0 saturated carbocycles. The Morgan fingerprint density at radius 1 is 1.52 bits per heavy atom. The minimum absolute atomic E-state index is 0.390. The number of rotatable bonds is 5. The number of phosphoric acid groups is 1. The zero-order chi connectivity index (χ0) is 17.4. The van der Waals surface area contributed by atoms with Gasteiger partial charge in [0.25, 0.3) is 0 Å². The third-order valence-electron chi connectivity index (χ3n) is 2.99. The molecule has 2 heterocycles. The van der Waals surface area contributed by atoms with Crippen LogP contribution in [0.25, 0.3) is 0 Å². The second kappa shape index (κ2) is 6.57. The second-order valence-electron chi connectivity index (χ2n) is 4.53. The molecule has 1 unspecified atom stereocenters. The topological polar surface area (TPSA) is 163 Å². The molecule has 5 N–H and O–H groups in total. The summed E-state index contributed by atoms with van der Waals surface area (Å²) in [6.07, 6.45) is -6.90. The van der Waals surface area contributed by atoms with Gasteiger partial charge in [-0.15, -0.1) is 0 Å². The molecule has 11 nitrogen and oxygen atoms in total. The Balaban J connectivity index is 2.23. The number of aromatic nitrogens is 2. The maximum atomic E-state index is 14.0. The predicted molar refractivity (Wildman–Crippen MR) is 66.7 cm³/mol. The van der Waals surface area contributed by atoms with E-state index in [1.54, 1.807) is 0 Å². The van der Waals surface area contributed by atoms with Crippen LogP contribution in [0.2, 0.25) is 0 Å². The van der Waals surface area contributed by atoms with Crippen LogP contribution < -0.4 is 11.2 Å². The minimum Gasteiger partial charge on any atom is -0.387 e. The number of anilines is 1. The molecular formula is C9H12F2N3O8P. The van der Waals surface area contributed by atoms with Crippen molar-refractivity contribution in [2.75, 3.05) is 12.1 Å². The fraction of sp³-hybridized carbons (Fsp3) is 0.556. The van der Waals surface area contributed by atoms with E-state index in [0.29, 0.717) is 10.8 Å².